The SMILES string of the molecule is NC(=Nc1cccc2ccccc12)C1C[N]c2ccccc2S1. The molecule has 4 rings (SSSR count). The summed E-state index contributed by atoms with van der Waals surface area (Å²) in [5, 5.41) is 7.00. The Morgan fingerprint density at radius 3 is 2.74 bits per heavy atom. The van der Waals surface area contributed by atoms with Crippen LogP contribution in [0.25, 0.3) is 10.8 Å². The Bertz CT molecular complexity index is 883. The van der Waals surface area contributed by atoms with E-state index < -0.39 is 0 Å². The van der Waals surface area contributed by atoms with Crippen LogP contribution in [0.15, 0.2) is 76.6 Å². The quantitative estimate of drug-likeness (QED) is 0.567. The summed E-state index contributed by atoms with van der Waals surface area (Å²) in [6, 6.07) is 22.5. The maximum Gasteiger partial charge on any atom is 0.115 e. The van der Waals surface area contributed by atoms with Crippen molar-refractivity contribution in [2.75, 3.05) is 6.54 Å². The monoisotopic (exact) mass is 318 g/mol. The summed E-state index contributed by atoms with van der Waals surface area (Å²) in [6.07, 6.45) is 0. The van der Waals surface area contributed by atoms with E-state index in [0.29, 0.717) is 12.4 Å². The van der Waals surface area contributed by atoms with Crippen LogP contribution in [0, 0.1) is 0 Å². The number of nitrogens with two attached hydrogens (primary N) is 1. The molecule has 0 spiro atoms. The lowest BCUT2D eigenvalue weighted by molar-refractivity contribution is 0.841. The molecule has 1 radical (unpaired) electrons. The molecule has 113 valence electrons. The topological polar surface area (TPSA) is 52.5 Å². The molecule has 0 aromatic heterocycles. The minimum atomic E-state index is 0.0869. The first-order chi connectivity index (χ1) is 11.3. The van der Waals surface area contributed by atoms with Gasteiger partial charge in [0.25, 0.3) is 0 Å². The average Bonchev–Trinajstić information content (AvgIpc) is 2.61. The Morgan fingerprint density at radius 1 is 1.00 bits per heavy atom. The van der Waals surface area contributed by atoms with E-state index in [9.17, 15) is 0 Å². The molecule has 1 atom stereocenters. The standard InChI is InChI=1S/C19H16N3S/c20-19(18-12-21-16-9-3-4-11-17(16)23-18)22-15-10-5-7-13-6-1-2-8-14(13)15/h1-11,18H,12H2,(H2,20,22). The van der Waals surface area contributed by atoms with Crippen LogP contribution in [0.3, 0.4) is 0 Å². The van der Waals surface area contributed by atoms with Crippen molar-refractivity contribution in [1.82, 2.24) is 5.32 Å². The molecule has 3 aromatic rings. The minimum absolute atomic E-state index is 0.0869. The maximum atomic E-state index is 6.30. The van der Waals surface area contributed by atoms with Gasteiger partial charge in [-0.05, 0) is 23.6 Å². The van der Waals surface area contributed by atoms with Gasteiger partial charge in [0.2, 0.25) is 0 Å². The number of fused-ring (bicyclic) bond motifs is 2. The number of aliphatic imine (C=N–C) groups is 1. The first-order valence-corrected chi connectivity index (χ1v) is 8.44. The largest absolute Gasteiger partial charge is 0.386 e. The number of para-hydroxylation sites is 1. The molecule has 3 nitrogen and oxygen atoms in total. The normalized spacial score (nSPS) is 17.6. The van der Waals surface area contributed by atoms with E-state index in [1.165, 1.54) is 10.3 Å². The van der Waals surface area contributed by atoms with Crippen molar-refractivity contribution in [2.45, 2.75) is 10.1 Å². The molecule has 2 N–H and O–H groups in total. The fraction of sp³-hybridized carbons (Fsp3) is 0.105. The molecule has 0 bridgehead atoms. The highest BCUT2D eigenvalue weighted by Crippen LogP contribution is 2.35. The van der Waals surface area contributed by atoms with Gasteiger partial charge in [-0.1, -0.05) is 48.5 Å². The molecule has 0 saturated carbocycles. The van der Waals surface area contributed by atoms with Gasteiger partial charge in [-0.2, -0.15) is 0 Å². The molecule has 1 heterocycles. The number of hydrogen-bond acceptors (Lipinski definition) is 2. The molecule has 4 heteroatoms. The smallest absolute Gasteiger partial charge is 0.115 e. The van der Waals surface area contributed by atoms with E-state index >= 15 is 0 Å². The second-order valence-electron chi connectivity index (χ2n) is 5.45. The molecule has 0 fully saturated rings. The van der Waals surface area contributed by atoms with E-state index in [0.717, 1.165) is 16.8 Å². The van der Waals surface area contributed by atoms with Crippen LogP contribution in [0.5, 0.6) is 0 Å². The fourth-order valence-corrected chi connectivity index (χ4v) is 3.77. The second kappa shape index (κ2) is 5.97. The van der Waals surface area contributed by atoms with Gasteiger partial charge in [0.05, 0.1) is 23.2 Å². The molecule has 0 aliphatic carbocycles. The zero-order valence-corrected chi connectivity index (χ0v) is 13.3. The van der Waals surface area contributed by atoms with Gasteiger partial charge in [-0.3, -0.25) is 5.32 Å². The third-order valence-corrected chi connectivity index (χ3v) is 5.18. The summed E-state index contributed by atoms with van der Waals surface area (Å²) >= 11 is 1.74. The number of benzene rings is 3. The number of thioether (sulfide) groups is 1. The summed E-state index contributed by atoms with van der Waals surface area (Å²) in [6.45, 7) is 0.668. The number of hydrogen-bond donors (Lipinski definition) is 1. The van der Waals surface area contributed by atoms with Crippen LogP contribution >= 0.6 is 11.8 Å². The molecule has 1 unspecified atom stereocenters. The Balaban J connectivity index is 1.66. The number of rotatable bonds is 2. The lowest BCUT2D eigenvalue weighted by Crippen LogP contribution is -2.34. The first-order valence-electron chi connectivity index (χ1n) is 7.56. The maximum absolute atomic E-state index is 6.30. The molecule has 0 saturated heterocycles. The summed E-state index contributed by atoms with van der Waals surface area (Å²) in [5.41, 5.74) is 8.26. The van der Waals surface area contributed by atoms with Crippen LogP contribution in [0.2, 0.25) is 0 Å². The molecule has 1 aliphatic rings. The highest BCUT2D eigenvalue weighted by molar-refractivity contribution is 8.00. The lowest BCUT2D eigenvalue weighted by Gasteiger charge is -2.23. The summed E-state index contributed by atoms with van der Waals surface area (Å²) in [7, 11) is 0. The third-order valence-electron chi connectivity index (χ3n) is 3.91. The van der Waals surface area contributed by atoms with Crippen molar-refractivity contribution in [3.63, 3.8) is 0 Å². The average molecular weight is 318 g/mol. The van der Waals surface area contributed by atoms with Crippen LogP contribution in [0.1, 0.15) is 0 Å². The van der Waals surface area contributed by atoms with E-state index in [1.54, 1.807) is 11.8 Å². The Kier molecular flexibility index (Phi) is 3.67. The first kappa shape index (κ1) is 14.2. The van der Waals surface area contributed by atoms with Gasteiger partial charge in [0, 0.05) is 10.3 Å². The van der Waals surface area contributed by atoms with Crippen LogP contribution in [-0.4, -0.2) is 17.6 Å². The van der Waals surface area contributed by atoms with E-state index in [1.807, 2.05) is 42.5 Å². The van der Waals surface area contributed by atoms with Crippen molar-refractivity contribution < 1.29 is 0 Å². The van der Waals surface area contributed by atoms with E-state index in [-0.39, 0.29) is 5.25 Å². The summed E-state index contributed by atoms with van der Waals surface area (Å²) < 4.78 is 0. The van der Waals surface area contributed by atoms with Crippen molar-refractivity contribution in [3.8, 4) is 0 Å². The van der Waals surface area contributed by atoms with Gasteiger partial charge in [0.1, 0.15) is 5.84 Å². The second-order valence-corrected chi connectivity index (χ2v) is 6.69. The van der Waals surface area contributed by atoms with Crippen molar-refractivity contribution in [3.05, 3.63) is 66.7 Å². The third kappa shape index (κ3) is 2.78. The Labute approximate surface area is 139 Å². The molecule has 1 aliphatic heterocycles. The number of nitrogens with zero attached hydrogens (tertiary/aromatic N) is 2. The lowest BCUT2D eigenvalue weighted by atomic mass is 10.1. The molecular formula is C19H16N3S. The molecular weight excluding hydrogens is 302 g/mol. The van der Waals surface area contributed by atoms with Gasteiger partial charge in [-0.25, -0.2) is 4.99 Å². The van der Waals surface area contributed by atoms with Crippen molar-refractivity contribution in [1.29, 1.82) is 0 Å². The zero-order valence-electron chi connectivity index (χ0n) is 12.5. The van der Waals surface area contributed by atoms with Gasteiger partial charge in [0.15, 0.2) is 0 Å². The van der Waals surface area contributed by atoms with Crippen LogP contribution < -0.4 is 11.1 Å². The van der Waals surface area contributed by atoms with Gasteiger partial charge < -0.3 is 5.73 Å². The summed E-state index contributed by atoms with van der Waals surface area (Å²) in [5.74, 6) is 0.629. The highest BCUT2D eigenvalue weighted by Gasteiger charge is 2.23. The molecule has 0 amide bonds. The van der Waals surface area contributed by atoms with Crippen molar-refractivity contribution in [2.24, 2.45) is 10.7 Å². The van der Waals surface area contributed by atoms with Gasteiger partial charge in [-0.15, -0.1) is 11.8 Å². The van der Waals surface area contributed by atoms with E-state index in [2.05, 4.69) is 29.6 Å². The fourth-order valence-electron chi connectivity index (χ4n) is 2.73. The Hall–Kier alpha value is -2.46. The van der Waals surface area contributed by atoms with Crippen LogP contribution in [-0.2, 0) is 0 Å². The minimum Gasteiger partial charge on any atom is -0.386 e. The van der Waals surface area contributed by atoms with Gasteiger partial charge >= 0.3 is 0 Å². The Morgan fingerprint density at radius 2 is 1.78 bits per heavy atom. The highest BCUT2D eigenvalue weighted by atomic mass is 32.2. The molecule has 3 aromatic carbocycles. The summed E-state index contributed by atoms with van der Waals surface area (Å²) in [4.78, 5) is 5.86. The predicted octanol–water partition coefficient (Wildman–Crippen LogP) is 4.24. The van der Waals surface area contributed by atoms with E-state index in [4.69, 9.17) is 10.7 Å². The molecule has 23 heavy (non-hydrogen) atoms. The van der Waals surface area contributed by atoms with Crippen LogP contribution in [0.4, 0.5) is 11.4 Å². The zero-order chi connectivity index (χ0) is 15.6. The number of amidine groups is 1. The predicted molar refractivity (Wildman–Crippen MR) is 98.0 cm³/mol. The van der Waals surface area contributed by atoms with Crippen molar-refractivity contribution >= 4 is 39.7 Å².